The van der Waals surface area contributed by atoms with Crippen LogP contribution in [0.2, 0.25) is 0 Å². The Morgan fingerprint density at radius 3 is 2.58 bits per heavy atom. The van der Waals surface area contributed by atoms with Gasteiger partial charge in [0.05, 0.1) is 15.3 Å². The maximum atomic E-state index is 12.7. The van der Waals surface area contributed by atoms with Crippen molar-refractivity contribution in [3.63, 3.8) is 0 Å². The highest BCUT2D eigenvalue weighted by Crippen LogP contribution is 2.34. The summed E-state index contributed by atoms with van der Waals surface area (Å²) in [5, 5.41) is -0.288. The van der Waals surface area contributed by atoms with Gasteiger partial charge in [0.2, 0.25) is 10.0 Å². The largest absolute Gasteiger partial charge is 0.417 e. The molecule has 0 amide bonds. The summed E-state index contributed by atoms with van der Waals surface area (Å²) >= 11 is 3.15. The summed E-state index contributed by atoms with van der Waals surface area (Å²) < 4.78 is 65.2. The number of anilines is 1. The van der Waals surface area contributed by atoms with Crippen LogP contribution in [0.15, 0.2) is 16.7 Å². The van der Waals surface area contributed by atoms with E-state index in [1.165, 1.54) is 0 Å². The van der Waals surface area contributed by atoms with Crippen LogP contribution in [0.5, 0.6) is 0 Å². The van der Waals surface area contributed by atoms with Gasteiger partial charge in [-0.15, -0.1) is 0 Å². The van der Waals surface area contributed by atoms with Crippen LogP contribution in [-0.2, 0) is 16.2 Å². The SMILES string of the molecule is O=S(=O)(NC1CCCN(c2ncc(C(F)(F)F)cc2Br)C1)C1CC1. The second-order valence-corrected chi connectivity index (χ2v) is 9.02. The van der Waals surface area contributed by atoms with Crippen molar-refractivity contribution in [2.45, 2.75) is 43.2 Å². The fourth-order valence-electron chi connectivity index (χ4n) is 2.79. The summed E-state index contributed by atoms with van der Waals surface area (Å²) in [5.41, 5.74) is -0.818. The number of hydrogen-bond donors (Lipinski definition) is 1. The van der Waals surface area contributed by atoms with Crippen LogP contribution in [0.4, 0.5) is 19.0 Å². The minimum atomic E-state index is -4.45. The predicted octanol–water partition coefficient (Wildman–Crippen LogP) is 2.91. The van der Waals surface area contributed by atoms with Crippen molar-refractivity contribution < 1.29 is 21.6 Å². The fraction of sp³-hybridized carbons (Fsp3) is 0.643. The molecule has 3 rings (SSSR count). The zero-order valence-corrected chi connectivity index (χ0v) is 15.1. The van der Waals surface area contributed by atoms with Crippen LogP contribution in [0, 0.1) is 0 Å². The Kier molecular flexibility index (Phi) is 4.82. The first-order valence-corrected chi connectivity index (χ1v) is 9.99. The van der Waals surface area contributed by atoms with Gasteiger partial charge in [-0.3, -0.25) is 0 Å². The van der Waals surface area contributed by atoms with Crippen molar-refractivity contribution in [3.05, 3.63) is 22.3 Å². The highest BCUT2D eigenvalue weighted by Gasteiger charge is 2.38. The molecule has 0 bridgehead atoms. The minimum Gasteiger partial charge on any atom is -0.354 e. The number of pyridine rings is 1. The van der Waals surface area contributed by atoms with E-state index in [0.717, 1.165) is 18.7 Å². The maximum Gasteiger partial charge on any atom is 0.417 e. The molecular formula is C14H17BrF3N3O2S. The number of aromatic nitrogens is 1. The van der Waals surface area contributed by atoms with E-state index in [1.807, 2.05) is 4.90 Å². The lowest BCUT2D eigenvalue weighted by molar-refractivity contribution is -0.137. The molecule has 0 aromatic carbocycles. The summed E-state index contributed by atoms with van der Waals surface area (Å²) in [6, 6.07) is 0.751. The first-order valence-electron chi connectivity index (χ1n) is 7.65. The molecule has 1 aromatic rings. The van der Waals surface area contributed by atoms with Gasteiger partial charge in [-0.1, -0.05) is 0 Å². The van der Waals surface area contributed by atoms with Gasteiger partial charge < -0.3 is 4.90 Å². The summed E-state index contributed by atoms with van der Waals surface area (Å²) in [6.07, 6.45) is -0.806. The molecule has 10 heteroatoms. The Bertz CT molecular complexity index is 722. The Morgan fingerprint density at radius 1 is 1.29 bits per heavy atom. The first kappa shape index (κ1) is 17.9. The van der Waals surface area contributed by atoms with E-state index in [0.29, 0.717) is 38.2 Å². The zero-order chi connectivity index (χ0) is 17.5. The van der Waals surface area contributed by atoms with E-state index in [9.17, 15) is 21.6 Å². The van der Waals surface area contributed by atoms with Crippen LogP contribution in [-0.4, -0.2) is 37.8 Å². The third-order valence-corrected chi connectivity index (χ3v) is 6.76. The monoisotopic (exact) mass is 427 g/mol. The average Bonchev–Trinajstić information content (AvgIpc) is 3.31. The van der Waals surface area contributed by atoms with Crippen LogP contribution in [0.3, 0.4) is 0 Å². The van der Waals surface area contributed by atoms with Crippen LogP contribution in [0.1, 0.15) is 31.2 Å². The molecule has 5 nitrogen and oxygen atoms in total. The molecule has 1 atom stereocenters. The second-order valence-electron chi connectivity index (χ2n) is 6.17. The van der Waals surface area contributed by atoms with Gasteiger partial charge in [-0.2, -0.15) is 13.2 Å². The number of alkyl halides is 3. The van der Waals surface area contributed by atoms with Crippen LogP contribution < -0.4 is 9.62 Å². The predicted molar refractivity (Wildman–Crippen MR) is 87.3 cm³/mol. The summed E-state index contributed by atoms with van der Waals surface area (Å²) in [7, 11) is -3.29. The molecule has 1 saturated carbocycles. The molecule has 0 spiro atoms. The Labute approximate surface area is 146 Å². The second kappa shape index (κ2) is 6.45. The van der Waals surface area contributed by atoms with E-state index in [1.54, 1.807) is 0 Å². The molecule has 2 fully saturated rings. The van der Waals surface area contributed by atoms with Gasteiger partial charge in [0.1, 0.15) is 5.82 Å². The lowest BCUT2D eigenvalue weighted by atomic mass is 10.1. The molecule has 1 aromatic heterocycles. The topological polar surface area (TPSA) is 62.3 Å². The van der Waals surface area contributed by atoms with Crippen LogP contribution in [0.25, 0.3) is 0 Å². The van der Waals surface area contributed by atoms with E-state index >= 15 is 0 Å². The number of sulfonamides is 1. The van der Waals surface area contributed by atoms with Crippen molar-refractivity contribution in [2.75, 3.05) is 18.0 Å². The number of piperidine rings is 1. The molecular weight excluding hydrogens is 411 g/mol. The van der Waals surface area contributed by atoms with Gasteiger partial charge >= 0.3 is 6.18 Å². The Hall–Kier alpha value is -0.870. The van der Waals surface area contributed by atoms with Crippen molar-refractivity contribution in [2.24, 2.45) is 0 Å². The lowest BCUT2D eigenvalue weighted by Gasteiger charge is -2.34. The maximum absolute atomic E-state index is 12.7. The minimum absolute atomic E-state index is 0.250. The number of hydrogen-bond acceptors (Lipinski definition) is 4. The zero-order valence-electron chi connectivity index (χ0n) is 12.7. The molecule has 134 valence electrons. The molecule has 1 unspecified atom stereocenters. The van der Waals surface area contributed by atoms with E-state index in [2.05, 4.69) is 25.6 Å². The van der Waals surface area contributed by atoms with Crippen molar-refractivity contribution in [1.29, 1.82) is 0 Å². The quantitative estimate of drug-likeness (QED) is 0.802. The average molecular weight is 428 g/mol. The van der Waals surface area contributed by atoms with Gasteiger partial charge in [-0.25, -0.2) is 18.1 Å². The molecule has 2 aliphatic rings. The van der Waals surface area contributed by atoms with Gasteiger partial charge in [0.15, 0.2) is 0 Å². The molecule has 0 radical (unpaired) electrons. The van der Waals surface area contributed by atoms with E-state index < -0.39 is 21.8 Å². The third kappa shape index (κ3) is 4.02. The number of rotatable bonds is 4. The van der Waals surface area contributed by atoms with Crippen LogP contribution >= 0.6 is 15.9 Å². The number of nitrogens with zero attached hydrogens (tertiary/aromatic N) is 2. The summed E-state index contributed by atoms with van der Waals surface area (Å²) in [4.78, 5) is 5.74. The third-order valence-electron chi connectivity index (χ3n) is 4.16. The summed E-state index contributed by atoms with van der Waals surface area (Å²) in [5.74, 6) is 0.401. The molecule has 2 heterocycles. The number of nitrogens with one attached hydrogen (secondary N) is 1. The van der Waals surface area contributed by atoms with Gasteiger partial charge in [0.25, 0.3) is 0 Å². The van der Waals surface area contributed by atoms with Gasteiger partial charge in [0, 0.05) is 25.3 Å². The standard InChI is InChI=1S/C14H17BrF3N3O2S/c15-12-6-9(14(16,17)18)7-19-13(12)21-5-1-2-10(8-21)20-24(22,23)11-3-4-11/h6-7,10-11,20H,1-5,8H2. The van der Waals surface area contributed by atoms with E-state index in [4.69, 9.17) is 0 Å². The smallest absolute Gasteiger partial charge is 0.354 e. The number of halogens is 4. The molecule has 24 heavy (non-hydrogen) atoms. The molecule has 1 N–H and O–H groups in total. The molecule has 1 saturated heterocycles. The summed E-state index contributed by atoms with van der Waals surface area (Å²) in [6.45, 7) is 1.02. The molecule has 1 aliphatic carbocycles. The lowest BCUT2D eigenvalue weighted by Crippen LogP contribution is -2.48. The van der Waals surface area contributed by atoms with Crippen molar-refractivity contribution >= 4 is 31.8 Å². The van der Waals surface area contributed by atoms with E-state index in [-0.39, 0.29) is 15.8 Å². The highest BCUT2D eigenvalue weighted by atomic mass is 79.9. The Morgan fingerprint density at radius 2 is 2.00 bits per heavy atom. The van der Waals surface area contributed by atoms with Gasteiger partial charge in [-0.05, 0) is 47.7 Å². The van der Waals surface area contributed by atoms with Crippen molar-refractivity contribution in [3.8, 4) is 0 Å². The first-order chi connectivity index (χ1) is 11.2. The normalized spacial score (nSPS) is 22.7. The van der Waals surface area contributed by atoms with Crippen molar-refractivity contribution in [1.82, 2.24) is 9.71 Å². The highest BCUT2D eigenvalue weighted by molar-refractivity contribution is 9.10. The molecule has 1 aliphatic heterocycles. The Balaban J connectivity index is 1.72. The fourth-order valence-corrected chi connectivity index (χ4v) is 5.00.